The molecule has 1 amide bonds. The summed E-state index contributed by atoms with van der Waals surface area (Å²) in [4.78, 5) is 20.5. The number of oxazole rings is 1. The number of nitrogens with one attached hydrogen (secondary N) is 1. The zero-order valence-corrected chi connectivity index (χ0v) is 15.1. The van der Waals surface area contributed by atoms with E-state index in [1.807, 2.05) is 55.5 Å². The van der Waals surface area contributed by atoms with Gasteiger partial charge in [0.15, 0.2) is 5.58 Å². The Morgan fingerprint density at radius 2 is 2.04 bits per heavy atom. The van der Waals surface area contributed by atoms with E-state index in [2.05, 4.69) is 15.3 Å². The Bertz CT molecular complexity index is 1120. The van der Waals surface area contributed by atoms with E-state index in [0.29, 0.717) is 28.7 Å². The van der Waals surface area contributed by atoms with Crippen LogP contribution in [0, 0.1) is 6.92 Å². The molecule has 0 atom stereocenters. The lowest BCUT2D eigenvalue weighted by molar-refractivity contribution is -0.111. The molecule has 0 radical (unpaired) electrons. The van der Waals surface area contributed by atoms with E-state index in [4.69, 9.17) is 9.15 Å². The summed E-state index contributed by atoms with van der Waals surface area (Å²) in [5, 5.41) is 2.81. The van der Waals surface area contributed by atoms with Crippen molar-refractivity contribution in [1.29, 1.82) is 0 Å². The summed E-state index contributed by atoms with van der Waals surface area (Å²) >= 11 is 0. The molecule has 0 bridgehead atoms. The van der Waals surface area contributed by atoms with Gasteiger partial charge in [0.2, 0.25) is 11.8 Å². The molecule has 138 valence electrons. The third kappa shape index (κ3) is 4.07. The van der Waals surface area contributed by atoms with Crippen molar-refractivity contribution in [2.45, 2.75) is 6.92 Å². The molecule has 28 heavy (non-hydrogen) atoms. The van der Waals surface area contributed by atoms with Crippen molar-refractivity contribution < 1.29 is 13.9 Å². The highest BCUT2D eigenvalue weighted by Gasteiger charge is 2.06. The molecule has 2 heterocycles. The molecule has 0 saturated heterocycles. The number of ether oxygens (including phenoxy) is 1. The van der Waals surface area contributed by atoms with E-state index in [9.17, 15) is 4.79 Å². The first kappa shape index (κ1) is 17.5. The number of aromatic nitrogens is 2. The van der Waals surface area contributed by atoms with Gasteiger partial charge >= 0.3 is 0 Å². The number of fused-ring (bicyclic) bond motifs is 1. The van der Waals surface area contributed by atoms with Crippen molar-refractivity contribution in [3.63, 3.8) is 0 Å². The molecule has 2 aromatic carbocycles. The van der Waals surface area contributed by atoms with Gasteiger partial charge in [0.25, 0.3) is 0 Å². The topological polar surface area (TPSA) is 77.2 Å². The Morgan fingerprint density at radius 1 is 1.14 bits per heavy atom. The fraction of sp³-hybridized carbons (Fsp3) is 0.0455. The molecule has 0 unspecified atom stereocenters. The van der Waals surface area contributed by atoms with Gasteiger partial charge in [-0.1, -0.05) is 12.1 Å². The molecule has 0 aliphatic carbocycles. The third-order valence-corrected chi connectivity index (χ3v) is 3.99. The number of carbonyl (C=O) groups is 1. The number of para-hydroxylation sites is 2. The van der Waals surface area contributed by atoms with Crippen LogP contribution in [0.15, 0.2) is 77.5 Å². The standard InChI is InChI=1S/C22H17N3O3/c1-15-13-16(8-9-19(15)27-17-5-4-12-23-14-17)24-21(26)10-11-22-25-18-6-2-3-7-20(18)28-22/h2-14H,1H3,(H,24,26)/b11-10+. The minimum atomic E-state index is -0.275. The van der Waals surface area contributed by atoms with Crippen molar-refractivity contribution in [3.8, 4) is 11.5 Å². The average Bonchev–Trinajstić information content (AvgIpc) is 3.12. The minimum absolute atomic E-state index is 0.275. The molecule has 1 N–H and O–H groups in total. The van der Waals surface area contributed by atoms with Gasteiger partial charge in [0.05, 0.1) is 6.20 Å². The van der Waals surface area contributed by atoms with Gasteiger partial charge in [-0.3, -0.25) is 9.78 Å². The summed E-state index contributed by atoms with van der Waals surface area (Å²) in [5.41, 5.74) is 3.00. The van der Waals surface area contributed by atoms with Gasteiger partial charge in [-0.25, -0.2) is 4.98 Å². The largest absolute Gasteiger partial charge is 0.455 e. The lowest BCUT2D eigenvalue weighted by Gasteiger charge is -2.10. The molecule has 6 heteroatoms. The predicted octanol–water partition coefficient (Wildman–Crippen LogP) is 4.98. The van der Waals surface area contributed by atoms with Gasteiger partial charge in [-0.2, -0.15) is 0 Å². The Morgan fingerprint density at radius 3 is 2.82 bits per heavy atom. The van der Waals surface area contributed by atoms with Gasteiger partial charge in [-0.05, 0) is 55.0 Å². The molecular formula is C22H17N3O3. The van der Waals surface area contributed by atoms with Crippen molar-refractivity contribution in [3.05, 3.63) is 84.5 Å². The minimum Gasteiger partial charge on any atom is -0.455 e. The number of aryl methyl sites for hydroxylation is 1. The van der Waals surface area contributed by atoms with Crippen LogP contribution in [0.3, 0.4) is 0 Å². The molecule has 0 aliphatic heterocycles. The highest BCUT2D eigenvalue weighted by Crippen LogP contribution is 2.26. The van der Waals surface area contributed by atoms with Crippen LogP contribution in [0.2, 0.25) is 0 Å². The van der Waals surface area contributed by atoms with Gasteiger partial charge in [-0.15, -0.1) is 0 Å². The number of anilines is 1. The maximum atomic E-state index is 12.2. The lowest BCUT2D eigenvalue weighted by atomic mass is 10.2. The zero-order valence-electron chi connectivity index (χ0n) is 15.1. The van der Waals surface area contributed by atoms with Gasteiger partial charge in [0, 0.05) is 24.0 Å². The smallest absolute Gasteiger partial charge is 0.248 e. The second-order valence-electron chi connectivity index (χ2n) is 6.11. The van der Waals surface area contributed by atoms with Crippen molar-refractivity contribution >= 4 is 28.8 Å². The number of amides is 1. The van der Waals surface area contributed by atoms with Crippen LogP contribution in [-0.4, -0.2) is 15.9 Å². The number of benzene rings is 2. The van der Waals surface area contributed by atoms with Crippen LogP contribution in [0.4, 0.5) is 5.69 Å². The van der Waals surface area contributed by atoms with Crippen LogP contribution < -0.4 is 10.1 Å². The fourth-order valence-corrected chi connectivity index (χ4v) is 2.67. The first-order chi connectivity index (χ1) is 13.7. The van der Waals surface area contributed by atoms with E-state index in [0.717, 1.165) is 11.1 Å². The highest BCUT2D eigenvalue weighted by molar-refractivity contribution is 6.01. The van der Waals surface area contributed by atoms with E-state index in [-0.39, 0.29) is 5.91 Å². The number of pyridine rings is 1. The maximum Gasteiger partial charge on any atom is 0.248 e. The van der Waals surface area contributed by atoms with Gasteiger partial charge in [0.1, 0.15) is 17.0 Å². The lowest BCUT2D eigenvalue weighted by Crippen LogP contribution is -2.07. The van der Waals surface area contributed by atoms with Crippen LogP contribution in [-0.2, 0) is 4.79 Å². The van der Waals surface area contributed by atoms with Crippen LogP contribution in [0.1, 0.15) is 11.5 Å². The van der Waals surface area contributed by atoms with E-state index in [1.165, 1.54) is 6.08 Å². The Labute approximate surface area is 161 Å². The first-order valence-corrected chi connectivity index (χ1v) is 8.70. The fourth-order valence-electron chi connectivity index (χ4n) is 2.67. The number of hydrogen-bond acceptors (Lipinski definition) is 5. The van der Waals surface area contributed by atoms with Crippen LogP contribution >= 0.6 is 0 Å². The molecule has 6 nitrogen and oxygen atoms in total. The number of hydrogen-bond donors (Lipinski definition) is 1. The predicted molar refractivity (Wildman–Crippen MR) is 107 cm³/mol. The maximum absolute atomic E-state index is 12.2. The molecule has 0 saturated carbocycles. The quantitative estimate of drug-likeness (QED) is 0.501. The Kier molecular flexibility index (Phi) is 4.84. The van der Waals surface area contributed by atoms with E-state index >= 15 is 0 Å². The molecular weight excluding hydrogens is 354 g/mol. The highest BCUT2D eigenvalue weighted by atomic mass is 16.5. The summed E-state index contributed by atoms with van der Waals surface area (Å²) in [5.74, 6) is 1.46. The Balaban J connectivity index is 1.42. The number of nitrogens with zero attached hydrogens (tertiary/aromatic N) is 2. The molecule has 2 aromatic heterocycles. The van der Waals surface area contributed by atoms with Crippen molar-refractivity contribution in [2.24, 2.45) is 0 Å². The molecule has 0 fully saturated rings. The SMILES string of the molecule is Cc1cc(NC(=O)/C=C/c2nc3ccccc3o2)ccc1Oc1cccnc1. The summed E-state index contributed by atoms with van der Waals surface area (Å²) in [6, 6.07) is 16.5. The third-order valence-electron chi connectivity index (χ3n) is 3.99. The van der Waals surface area contributed by atoms with Crippen molar-refractivity contribution in [2.75, 3.05) is 5.32 Å². The normalized spacial score (nSPS) is 11.0. The summed E-state index contributed by atoms with van der Waals surface area (Å²) < 4.78 is 11.4. The van der Waals surface area contributed by atoms with Crippen LogP contribution in [0.5, 0.6) is 11.5 Å². The van der Waals surface area contributed by atoms with Gasteiger partial charge < -0.3 is 14.5 Å². The summed E-state index contributed by atoms with van der Waals surface area (Å²) in [6.45, 7) is 1.91. The average molecular weight is 371 g/mol. The molecule has 4 aromatic rings. The summed E-state index contributed by atoms with van der Waals surface area (Å²) in [7, 11) is 0. The molecule has 4 rings (SSSR count). The second kappa shape index (κ2) is 7.75. The monoisotopic (exact) mass is 371 g/mol. The zero-order chi connectivity index (χ0) is 19.3. The van der Waals surface area contributed by atoms with Crippen LogP contribution in [0.25, 0.3) is 17.2 Å². The second-order valence-corrected chi connectivity index (χ2v) is 6.11. The van der Waals surface area contributed by atoms with Crippen molar-refractivity contribution in [1.82, 2.24) is 9.97 Å². The summed E-state index contributed by atoms with van der Waals surface area (Å²) in [6.07, 6.45) is 6.26. The Hall–Kier alpha value is -3.93. The molecule has 0 aliphatic rings. The first-order valence-electron chi connectivity index (χ1n) is 8.70. The molecule has 0 spiro atoms. The van der Waals surface area contributed by atoms with E-state index in [1.54, 1.807) is 24.5 Å². The number of rotatable bonds is 5. The van der Waals surface area contributed by atoms with E-state index < -0.39 is 0 Å². The number of carbonyl (C=O) groups excluding carboxylic acids is 1.